The lowest BCUT2D eigenvalue weighted by Gasteiger charge is -2.20. The third kappa shape index (κ3) is 5.11. The molecule has 4 rings (SSSR count). The molecule has 1 aromatic heterocycles. The van der Waals surface area contributed by atoms with E-state index in [-0.39, 0.29) is 25.0 Å². The van der Waals surface area contributed by atoms with E-state index in [1.54, 1.807) is 26.0 Å². The second-order valence-electron chi connectivity index (χ2n) is 9.32. The monoisotopic (exact) mass is 521 g/mol. The molecule has 0 bridgehead atoms. The smallest absolute Gasteiger partial charge is 0.378 e. The molecule has 1 N–H and O–H groups in total. The van der Waals surface area contributed by atoms with E-state index in [9.17, 15) is 31.6 Å². The standard InChI is InChI=1S/C25H26F3N3O4S/c1-3-35-21-13-18(12-19(21)23(32)31-24(14-29)7-8-24)36(33,34)22-5-4-16(11-20(22)25(26,27)28)17-6-9-30-15(2)10-17/h4-6,9-11,18-19,21H,3,7-8,12-13H2,1-2H3,(H,31,32)/t18?,19-,21-/m1/s1. The number of amides is 1. The van der Waals surface area contributed by atoms with Crippen molar-refractivity contribution in [3.63, 3.8) is 0 Å². The predicted molar refractivity (Wildman–Crippen MR) is 124 cm³/mol. The molecular weight excluding hydrogens is 495 g/mol. The Balaban J connectivity index is 1.67. The Labute approximate surface area is 207 Å². The van der Waals surface area contributed by atoms with Gasteiger partial charge in [-0.25, -0.2) is 8.42 Å². The Morgan fingerprint density at radius 1 is 1.22 bits per heavy atom. The lowest BCUT2D eigenvalue weighted by atomic mass is 10.0. The number of nitrogens with zero attached hydrogens (tertiary/aromatic N) is 2. The minimum atomic E-state index is -4.92. The number of benzene rings is 1. The van der Waals surface area contributed by atoms with Crippen molar-refractivity contribution in [2.24, 2.45) is 5.92 Å². The highest BCUT2D eigenvalue weighted by Crippen LogP contribution is 2.43. The Kier molecular flexibility index (Phi) is 6.88. The van der Waals surface area contributed by atoms with E-state index in [0.29, 0.717) is 24.1 Å². The molecule has 2 aromatic rings. The Morgan fingerprint density at radius 3 is 2.50 bits per heavy atom. The van der Waals surface area contributed by atoms with E-state index in [1.165, 1.54) is 12.3 Å². The Morgan fingerprint density at radius 2 is 1.92 bits per heavy atom. The maximum Gasteiger partial charge on any atom is 0.417 e. The average molecular weight is 522 g/mol. The topological polar surface area (TPSA) is 109 Å². The van der Waals surface area contributed by atoms with Gasteiger partial charge in [0.05, 0.1) is 33.8 Å². The third-order valence-electron chi connectivity index (χ3n) is 6.77. The fraction of sp³-hybridized carbons (Fsp3) is 0.480. The molecular formula is C25H26F3N3O4S. The second-order valence-corrected chi connectivity index (χ2v) is 11.5. The van der Waals surface area contributed by atoms with Crippen LogP contribution in [-0.4, -0.2) is 42.8 Å². The lowest BCUT2D eigenvalue weighted by Crippen LogP contribution is -2.42. The van der Waals surface area contributed by atoms with Crippen molar-refractivity contribution >= 4 is 15.7 Å². The highest BCUT2D eigenvalue weighted by molar-refractivity contribution is 7.92. The van der Waals surface area contributed by atoms with E-state index in [0.717, 1.165) is 12.1 Å². The summed E-state index contributed by atoms with van der Waals surface area (Å²) in [6, 6.07) is 8.39. The number of sulfone groups is 1. The number of alkyl halides is 3. The predicted octanol–water partition coefficient (Wildman–Crippen LogP) is 4.21. The molecule has 7 nitrogen and oxygen atoms in total. The number of hydrogen-bond acceptors (Lipinski definition) is 6. The maximum atomic E-state index is 14.1. The van der Waals surface area contributed by atoms with E-state index in [1.807, 2.05) is 6.07 Å². The highest BCUT2D eigenvalue weighted by Gasteiger charge is 2.51. The van der Waals surface area contributed by atoms with Crippen LogP contribution in [0.15, 0.2) is 41.4 Å². The molecule has 0 aliphatic heterocycles. The van der Waals surface area contributed by atoms with E-state index < -0.39 is 55.2 Å². The third-order valence-corrected chi connectivity index (χ3v) is 9.00. The largest absolute Gasteiger partial charge is 0.417 e. The molecule has 192 valence electrons. The SMILES string of the molecule is CCO[C@@H]1CC(S(=O)(=O)c2ccc(-c3ccnc(C)c3)cc2C(F)(F)F)C[C@H]1C(=O)NC1(C#N)CC1. The first-order chi connectivity index (χ1) is 16.9. The number of ether oxygens (including phenoxy) is 1. The van der Waals surface area contributed by atoms with Crippen molar-refractivity contribution in [2.45, 2.75) is 67.5 Å². The molecule has 2 aliphatic carbocycles. The van der Waals surface area contributed by atoms with Crippen LogP contribution in [0.25, 0.3) is 11.1 Å². The summed E-state index contributed by atoms with van der Waals surface area (Å²) in [7, 11) is -4.47. The quantitative estimate of drug-likeness (QED) is 0.585. The van der Waals surface area contributed by atoms with Crippen molar-refractivity contribution in [1.29, 1.82) is 5.26 Å². The van der Waals surface area contributed by atoms with E-state index in [2.05, 4.69) is 10.3 Å². The molecule has 3 atom stereocenters. The van der Waals surface area contributed by atoms with Crippen LogP contribution >= 0.6 is 0 Å². The maximum absolute atomic E-state index is 14.1. The Hall–Kier alpha value is -2.97. The van der Waals surface area contributed by atoms with Gasteiger partial charge < -0.3 is 10.1 Å². The summed E-state index contributed by atoms with van der Waals surface area (Å²) in [6.07, 6.45) is -3.53. The number of nitriles is 1. The average Bonchev–Trinajstić information content (AvgIpc) is 3.46. The number of pyridine rings is 1. The van der Waals surface area contributed by atoms with Crippen LogP contribution in [0.5, 0.6) is 0 Å². The molecule has 2 fully saturated rings. The van der Waals surface area contributed by atoms with Crippen LogP contribution in [0, 0.1) is 24.2 Å². The number of aromatic nitrogens is 1. The van der Waals surface area contributed by atoms with Crippen molar-refractivity contribution in [3.8, 4) is 17.2 Å². The van der Waals surface area contributed by atoms with Crippen molar-refractivity contribution in [3.05, 3.63) is 47.8 Å². The molecule has 1 aromatic carbocycles. The van der Waals surface area contributed by atoms with Crippen molar-refractivity contribution in [1.82, 2.24) is 10.3 Å². The number of aryl methyl sites for hydroxylation is 1. The molecule has 1 amide bonds. The molecule has 36 heavy (non-hydrogen) atoms. The van der Waals surface area contributed by atoms with Crippen LogP contribution in [-0.2, 0) is 25.5 Å². The van der Waals surface area contributed by atoms with Gasteiger partial charge >= 0.3 is 6.18 Å². The zero-order chi connectivity index (χ0) is 26.3. The first-order valence-electron chi connectivity index (χ1n) is 11.6. The van der Waals surface area contributed by atoms with E-state index >= 15 is 0 Å². The molecule has 0 radical (unpaired) electrons. The van der Waals surface area contributed by atoms with Gasteiger partial charge in [-0.05, 0) is 74.9 Å². The fourth-order valence-corrected chi connectivity index (χ4v) is 6.69. The van der Waals surface area contributed by atoms with Gasteiger partial charge in [-0.2, -0.15) is 18.4 Å². The van der Waals surface area contributed by atoms with Gasteiger partial charge in [0.25, 0.3) is 0 Å². The van der Waals surface area contributed by atoms with Crippen LogP contribution in [0.4, 0.5) is 13.2 Å². The minimum absolute atomic E-state index is 0.115. The van der Waals surface area contributed by atoms with E-state index in [4.69, 9.17) is 4.74 Å². The molecule has 1 unspecified atom stereocenters. The van der Waals surface area contributed by atoms with Gasteiger partial charge in [-0.3, -0.25) is 9.78 Å². The van der Waals surface area contributed by atoms with Crippen LogP contribution in [0.3, 0.4) is 0 Å². The molecule has 2 saturated carbocycles. The highest BCUT2D eigenvalue weighted by atomic mass is 32.2. The number of rotatable bonds is 7. The summed E-state index contributed by atoms with van der Waals surface area (Å²) in [4.78, 5) is 16.1. The van der Waals surface area contributed by atoms with Gasteiger partial charge in [0, 0.05) is 18.5 Å². The van der Waals surface area contributed by atoms with Gasteiger partial charge in [0.15, 0.2) is 9.84 Å². The van der Waals surface area contributed by atoms with Crippen LogP contribution in [0.2, 0.25) is 0 Å². The van der Waals surface area contributed by atoms with Gasteiger partial charge in [0.2, 0.25) is 5.91 Å². The molecule has 2 aliphatic rings. The van der Waals surface area contributed by atoms with Crippen molar-refractivity contribution in [2.75, 3.05) is 6.61 Å². The number of hydrogen-bond donors (Lipinski definition) is 1. The minimum Gasteiger partial charge on any atom is -0.378 e. The number of nitrogens with one attached hydrogen (secondary N) is 1. The van der Waals surface area contributed by atoms with Crippen LogP contribution in [0.1, 0.15) is 43.9 Å². The molecule has 1 heterocycles. The summed E-state index contributed by atoms with van der Waals surface area (Å²) in [6.45, 7) is 3.60. The zero-order valence-corrected chi connectivity index (χ0v) is 20.6. The summed E-state index contributed by atoms with van der Waals surface area (Å²) in [5.74, 6) is -1.39. The molecule has 0 saturated heterocycles. The fourth-order valence-electron chi connectivity index (χ4n) is 4.68. The first kappa shape index (κ1) is 26.1. The lowest BCUT2D eigenvalue weighted by molar-refractivity contribution is -0.139. The van der Waals surface area contributed by atoms with Gasteiger partial charge in [0.1, 0.15) is 5.54 Å². The zero-order valence-electron chi connectivity index (χ0n) is 19.8. The number of carbonyl (C=O) groups excluding carboxylic acids is 1. The normalized spacial score (nSPS) is 23.2. The summed E-state index contributed by atoms with van der Waals surface area (Å²) in [5, 5.41) is 10.7. The van der Waals surface area contributed by atoms with Gasteiger partial charge in [-0.1, -0.05) is 6.07 Å². The Bertz CT molecular complexity index is 1320. The number of halogens is 3. The molecule has 11 heteroatoms. The second kappa shape index (κ2) is 9.48. The summed E-state index contributed by atoms with van der Waals surface area (Å²) >= 11 is 0. The number of carbonyl (C=O) groups is 1. The van der Waals surface area contributed by atoms with Crippen LogP contribution < -0.4 is 5.32 Å². The summed E-state index contributed by atoms with van der Waals surface area (Å²) < 4.78 is 74.9. The summed E-state index contributed by atoms with van der Waals surface area (Å²) in [5.41, 5.74) is -0.891. The molecule has 0 spiro atoms. The van der Waals surface area contributed by atoms with Gasteiger partial charge in [-0.15, -0.1) is 0 Å². The van der Waals surface area contributed by atoms with Crippen molar-refractivity contribution < 1.29 is 31.1 Å². The first-order valence-corrected chi connectivity index (χ1v) is 13.2.